The highest BCUT2D eigenvalue weighted by Gasteiger charge is 2.09. The number of ether oxygens (including phenoxy) is 1. The van der Waals surface area contributed by atoms with Crippen molar-refractivity contribution >= 4 is 27.6 Å². The van der Waals surface area contributed by atoms with E-state index in [9.17, 15) is 4.79 Å². The lowest BCUT2D eigenvalue weighted by Crippen LogP contribution is -2.13. The molecule has 0 saturated heterocycles. The second-order valence-corrected chi connectivity index (χ2v) is 5.41. The van der Waals surface area contributed by atoms with Crippen molar-refractivity contribution in [2.45, 2.75) is 6.92 Å². The molecule has 0 unspecified atom stereocenters. The quantitative estimate of drug-likeness (QED) is 0.775. The molecule has 2 N–H and O–H groups in total. The van der Waals surface area contributed by atoms with Crippen LogP contribution in [0.4, 0.5) is 5.69 Å². The van der Waals surface area contributed by atoms with Crippen LogP contribution in [-0.2, 0) is 0 Å². The Hall–Kier alpha value is -2.01. The minimum Gasteiger partial charge on any atom is -0.491 e. The number of aromatic carboxylic acids is 1. The molecule has 4 nitrogen and oxygen atoms in total. The van der Waals surface area contributed by atoms with Crippen molar-refractivity contribution in [2.24, 2.45) is 0 Å². The van der Waals surface area contributed by atoms with Crippen molar-refractivity contribution in [3.63, 3.8) is 0 Å². The number of halogens is 1. The number of nitrogens with one attached hydrogen (secondary N) is 1. The molecule has 0 atom stereocenters. The number of para-hydroxylation sites is 1. The predicted molar refractivity (Wildman–Crippen MR) is 86.3 cm³/mol. The number of hydrogen-bond donors (Lipinski definition) is 2. The topological polar surface area (TPSA) is 58.6 Å². The zero-order chi connectivity index (χ0) is 15.2. The van der Waals surface area contributed by atoms with Gasteiger partial charge in [-0.15, -0.1) is 0 Å². The monoisotopic (exact) mass is 349 g/mol. The van der Waals surface area contributed by atoms with E-state index < -0.39 is 5.97 Å². The lowest BCUT2D eigenvalue weighted by molar-refractivity contribution is 0.0692. The molecule has 2 aromatic rings. The summed E-state index contributed by atoms with van der Waals surface area (Å²) in [6.45, 7) is 2.99. The fraction of sp³-hybridized carbons (Fsp3) is 0.188. The highest BCUT2D eigenvalue weighted by molar-refractivity contribution is 9.10. The maximum atomic E-state index is 11.1. The molecule has 0 fully saturated rings. The van der Waals surface area contributed by atoms with Gasteiger partial charge in [0, 0.05) is 16.7 Å². The fourth-order valence-corrected chi connectivity index (χ4v) is 2.51. The Morgan fingerprint density at radius 2 is 2.05 bits per heavy atom. The van der Waals surface area contributed by atoms with E-state index in [4.69, 9.17) is 9.84 Å². The first-order chi connectivity index (χ1) is 10.1. The van der Waals surface area contributed by atoms with Crippen LogP contribution in [0.25, 0.3) is 0 Å². The van der Waals surface area contributed by atoms with Gasteiger partial charge in [-0.25, -0.2) is 4.79 Å². The molecule has 0 radical (unpaired) electrons. The summed E-state index contributed by atoms with van der Waals surface area (Å²) >= 11 is 3.49. The molecule has 0 heterocycles. The van der Waals surface area contributed by atoms with Gasteiger partial charge in [-0.1, -0.05) is 18.2 Å². The maximum Gasteiger partial charge on any atom is 0.339 e. The summed E-state index contributed by atoms with van der Waals surface area (Å²) in [5.74, 6) is -0.602. The van der Waals surface area contributed by atoms with E-state index in [0.29, 0.717) is 18.9 Å². The van der Waals surface area contributed by atoms with Crippen LogP contribution in [-0.4, -0.2) is 24.2 Å². The number of benzene rings is 2. The number of anilines is 1. The Kier molecular flexibility index (Phi) is 5.22. The molecule has 21 heavy (non-hydrogen) atoms. The molecule has 0 aliphatic rings. The third kappa shape index (κ3) is 4.23. The van der Waals surface area contributed by atoms with Gasteiger partial charge in [0.1, 0.15) is 17.9 Å². The summed E-state index contributed by atoms with van der Waals surface area (Å²) in [5, 5.41) is 12.3. The smallest absolute Gasteiger partial charge is 0.339 e. The molecule has 0 spiro atoms. The van der Waals surface area contributed by atoms with Crippen LogP contribution in [0, 0.1) is 6.92 Å². The number of rotatable bonds is 6. The standard InChI is InChI=1S/C16H16BrNO3/c1-11-6-7-14(13(17)10-11)18-8-9-21-15-5-3-2-4-12(15)16(19)20/h2-7,10,18H,8-9H2,1H3,(H,19,20). The molecular weight excluding hydrogens is 334 g/mol. The van der Waals surface area contributed by atoms with Gasteiger partial charge in [0.25, 0.3) is 0 Å². The highest BCUT2D eigenvalue weighted by Crippen LogP contribution is 2.23. The van der Waals surface area contributed by atoms with Gasteiger partial charge in [0.05, 0.1) is 0 Å². The molecule has 110 valence electrons. The second kappa shape index (κ2) is 7.13. The van der Waals surface area contributed by atoms with Crippen LogP contribution in [0.2, 0.25) is 0 Å². The van der Waals surface area contributed by atoms with Gasteiger partial charge in [0.15, 0.2) is 0 Å². The van der Waals surface area contributed by atoms with Crippen molar-refractivity contribution in [3.8, 4) is 5.75 Å². The largest absolute Gasteiger partial charge is 0.491 e. The molecule has 0 bridgehead atoms. The predicted octanol–water partition coefficient (Wildman–Crippen LogP) is 3.95. The van der Waals surface area contributed by atoms with E-state index in [1.165, 1.54) is 11.6 Å². The number of carbonyl (C=O) groups is 1. The molecular formula is C16H16BrNO3. The van der Waals surface area contributed by atoms with E-state index in [-0.39, 0.29) is 5.56 Å². The zero-order valence-corrected chi connectivity index (χ0v) is 13.2. The van der Waals surface area contributed by atoms with Crippen LogP contribution < -0.4 is 10.1 Å². The average Bonchev–Trinajstić information content (AvgIpc) is 2.45. The molecule has 2 aromatic carbocycles. The molecule has 0 aliphatic heterocycles. The summed E-state index contributed by atoms with van der Waals surface area (Å²) in [4.78, 5) is 11.1. The van der Waals surface area contributed by atoms with E-state index in [1.807, 2.05) is 25.1 Å². The summed E-state index contributed by atoms with van der Waals surface area (Å²) in [5.41, 5.74) is 2.34. The number of carboxylic acids is 1. The number of aryl methyl sites for hydroxylation is 1. The maximum absolute atomic E-state index is 11.1. The van der Waals surface area contributed by atoms with Gasteiger partial charge in [-0.05, 0) is 52.7 Å². The van der Waals surface area contributed by atoms with Crippen LogP contribution in [0.15, 0.2) is 46.9 Å². The Bertz CT molecular complexity index is 643. The first-order valence-corrected chi connectivity index (χ1v) is 7.32. The van der Waals surface area contributed by atoms with E-state index in [1.54, 1.807) is 18.2 Å². The lowest BCUT2D eigenvalue weighted by atomic mass is 10.2. The summed E-state index contributed by atoms with van der Waals surface area (Å²) < 4.78 is 6.52. The molecule has 0 aromatic heterocycles. The van der Waals surface area contributed by atoms with Crippen molar-refractivity contribution in [1.82, 2.24) is 0 Å². The SMILES string of the molecule is Cc1ccc(NCCOc2ccccc2C(=O)O)c(Br)c1. The van der Waals surface area contributed by atoms with Crippen LogP contribution in [0.1, 0.15) is 15.9 Å². The number of hydrogen-bond acceptors (Lipinski definition) is 3. The van der Waals surface area contributed by atoms with Gasteiger partial charge in [0.2, 0.25) is 0 Å². The van der Waals surface area contributed by atoms with Crippen LogP contribution >= 0.6 is 15.9 Å². The highest BCUT2D eigenvalue weighted by atomic mass is 79.9. The van der Waals surface area contributed by atoms with Crippen molar-refractivity contribution < 1.29 is 14.6 Å². The summed E-state index contributed by atoms with van der Waals surface area (Å²) in [6.07, 6.45) is 0. The Labute approximate surface area is 131 Å². The van der Waals surface area contributed by atoms with Crippen molar-refractivity contribution in [1.29, 1.82) is 0 Å². The molecule has 2 rings (SSSR count). The third-order valence-corrected chi connectivity index (χ3v) is 3.57. The van der Waals surface area contributed by atoms with Crippen molar-refractivity contribution in [2.75, 3.05) is 18.5 Å². The van der Waals surface area contributed by atoms with Gasteiger partial charge >= 0.3 is 5.97 Å². The minimum absolute atomic E-state index is 0.175. The Balaban J connectivity index is 1.89. The molecule has 0 saturated carbocycles. The summed E-state index contributed by atoms with van der Waals surface area (Å²) in [6, 6.07) is 12.7. The van der Waals surface area contributed by atoms with E-state index in [2.05, 4.69) is 21.2 Å². The first kappa shape index (κ1) is 15.4. The first-order valence-electron chi connectivity index (χ1n) is 6.53. The third-order valence-electron chi connectivity index (χ3n) is 2.92. The summed E-state index contributed by atoms with van der Waals surface area (Å²) in [7, 11) is 0. The average molecular weight is 350 g/mol. The molecule has 0 aliphatic carbocycles. The van der Waals surface area contributed by atoms with E-state index in [0.717, 1.165) is 10.2 Å². The molecule has 0 amide bonds. The van der Waals surface area contributed by atoms with Gasteiger partial charge in [-0.3, -0.25) is 0 Å². The number of carboxylic acid groups (broad SMARTS) is 1. The molecule has 5 heteroatoms. The van der Waals surface area contributed by atoms with Crippen LogP contribution in [0.3, 0.4) is 0 Å². The van der Waals surface area contributed by atoms with Gasteiger partial charge in [-0.2, -0.15) is 0 Å². The van der Waals surface area contributed by atoms with E-state index >= 15 is 0 Å². The Morgan fingerprint density at radius 1 is 1.29 bits per heavy atom. The van der Waals surface area contributed by atoms with Crippen LogP contribution in [0.5, 0.6) is 5.75 Å². The van der Waals surface area contributed by atoms with Crippen molar-refractivity contribution in [3.05, 3.63) is 58.1 Å². The zero-order valence-electron chi connectivity index (χ0n) is 11.6. The Morgan fingerprint density at radius 3 is 2.76 bits per heavy atom. The second-order valence-electron chi connectivity index (χ2n) is 4.56. The normalized spacial score (nSPS) is 10.2. The fourth-order valence-electron chi connectivity index (χ4n) is 1.88. The minimum atomic E-state index is -0.986. The lowest BCUT2D eigenvalue weighted by Gasteiger charge is -2.11. The van der Waals surface area contributed by atoms with Gasteiger partial charge < -0.3 is 15.2 Å².